The minimum absolute atomic E-state index is 0.0618. The van der Waals surface area contributed by atoms with Crippen molar-refractivity contribution in [2.45, 2.75) is 33.1 Å². The number of rotatable bonds is 6. The summed E-state index contributed by atoms with van der Waals surface area (Å²) in [6, 6.07) is 10.4. The number of nitro benzene ring substituents is 1. The van der Waals surface area contributed by atoms with E-state index < -0.39 is 4.92 Å². The summed E-state index contributed by atoms with van der Waals surface area (Å²) >= 11 is 6.21. The number of aryl methyl sites for hydroxylation is 2. The topological polar surface area (TPSA) is 92.5 Å². The molecule has 4 rings (SSSR count). The van der Waals surface area contributed by atoms with Crippen LogP contribution in [0, 0.1) is 22.9 Å². The summed E-state index contributed by atoms with van der Waals surface area (Å²) in [6.45, 7) is 6.10. The van der Waals surface area contributed by atoms with Gasteiger partial charge in [-0.2, -0.15) is 0 Å². The Hall–Kier alpha value is -3.59. The zero-order chi connectivity index (χ0) is 25.8. The standard InChI is InChI=1S/C26H27ClFN5O3/c1-3-24-22(15-18-6-4-7-19(28)14-18)25(30-17(2)29-24)31-10-5-11-32(13-12-31)26(34)21-9-8-20(33(35)36)16-23(21)27/h4,6-9,14,16H,3,5,10-13,15H2,1-2H3. The number of carbonyl (C=O) groups excluding carboxylic acids is 1. The van der Waals surface area contributed by atoms with Gasteiger partial charge in [0.15, 0.2) is 0 Å². The predicted molar refractivity (Wildman–Crippen MR) is 136 cm³/mol. The van der Waals surface area contributed by atoms with E-state index in [1.165, 1.54) is 30.3 Å². The third-order valence-electron chi connectivity index (χ3n) is 6.26. The van der Waals surface area contributed by atoms with Crippen molar-refractivity contribution in [2.75, 3.05) is 31.1 Å². The monoisotopic (exact) mass is 511 g/mol. The molecule has 1 aliphatic heterocycles. The minimum atomic E-state index is -0.542. The number of amides is 1. The van der Waals surface area contributed by atoms with Gasteiger partial charge >= 0.3 is 0 Å². The lowest BCUT2D eigenvalue weighted by Crippen LogP contribution is -2.36. The molecule has 1 saturated heterocycles. The van der Waals surface area contributed by atoms with Gasteiger partial charge in [0.25, 0.3) is 11.6 Å². The van der Waals surface area contributed by atoms with Crippen LogP contribution in [-0.2, 0) is 12.8 Å². The van der Waals surface area contributed by atoms with Crippen LogP contribution in [-0.4, -0.2) is 51.9 Å². The lowest BCUT2D eigenvalue weighted by molar-refractivity contribution is -0.384. The molecule has 1 aromatic heterocycles. The van der Waals surface area contributed by atoms with Crippen molar-refractivity contribution in [2.24, 2.45) is 0 Å². The Morgan fingerprint density at radius 1 is 1.14 bits per heavy atom. The highest BCUT2D eigenvalue weighted by Crippen LogP contribution is 2.28. The second-order valence-corrected chi connectivity index (χ2v) is 9.14. The summed E-state index contributed by atoms with van der Waals surface area (Å²) in [4.78, 5) is 36.9. The van der Waals surface area contributed by atoms with Gasteiger partial charge in [-0.05, 0) is 43.5 Å². The van der Waals surface area contributed by atoms with E-state index in [1.807, 2.05) is 19.9 Å². The number of hydrogen-bond acceptors (Lipinski definition) is 6. The maximum absolute atomic E-state index is 13.9. The molecule has 0 radical (unpaired) electrons. The lowest BCUT2D eigenvalue weighted by atomic mass is 10.0. The van der Waals surface area contributed by atoms with E-state index in [9.17, 15) is 19.3 Å². The molecule has 0 aliphatic carbocycles. The largest absolute Gasteiger partial charge is 0.354 e. The molecule has 0 unspecified atom stereocenters. The van der Waals surface area contributed by atoms with Crippen LogP contribution in [0.2, 0.25) is 5.02 Å². The van der Waals surface area contributed by atoms with Gasteiger partial charge in [-0.1, -0.05) is 30.7 Å². The van der Waals surface area contributed by atoms with Crippen molar-refractivity contribution >= 4 is 29.0 Å². The highest BCUT2D eigenvalue weighted by Gasteiger charge is 2.26. The third kappa shape index (κ3) is 5.62. The smallest absolute Gasteiger partial charge is 0.270 e. The number of carbonyl (C=O) groups is 1. The van der Waals surface area contributed by atoms with Gasteiger partial charge in [-0.3, -0.25) is 14.9 Å². The normalized spacial score (nSPS) is 14.0. The first-order valence-corrected chi connectivity index (χ1v) is 12.2. The van der Waals surface area contributed by atoms with Crippen molar-refractivity contribution in [1.29, 1.82) is 0 Å². The van der Waals surface area contributed by atoms with Gasteiger partial charge in [0.2, 0.25) is 0 Å². The number of nitro groups is 1. The Morgan fingerprint density at radius 2 is 1.94 bits per heavy atom. The molecule has 2 aromatic carbocycles. The molecule has 2 heterocycles. The van der Waals surface area contributed by atoms with Gasteiger partial charge in [0, 0.05) is 56.0 Å². The molecule has 188 valence electrons. The lowest BCUT2D eigenvalue weighted by Gasteiger charge is -2.26. The molecule has 0 atom stereocenters. The molecule has 0 N–H and O–H groups in total. The third-order valence-corrected chi connectivity index (χ3v) is 6.58. The number of nitrogens with zero attached hydrogens (tertiary/aromatic N) is 5. The fourth-order valence-corrected chi connectivity index (χ4v) is 4.77. The average Bonchev–Trinajstić information content (AvgIpc) is 3.10. The minimum Gasteiger partial charge on any atom is -0.354 e. The molecular weight excluding hydrogens is 485 g/mol. The average molecular weight is 512 g/mol. The quantitative estimate of drug-likeness (QED) is 0.342. The molecule has 1 aliphatic rings. The fraction of sp³-hybridized carbons (Fsp3) is 0.346. The second kappa shape index (κ2) is 11.0. The molecule has 1 amide bonds. The summed E-state index contributed by atoms with van der Waals surface area (Å²) in [6.07, 6.45) is 1.94. The highest BCUT2D eigenvalue weighted by molar-refractivity contribution is 6.34. The van der Waals surface area contributed by atoms with Gasteiger partial charge in [-0.15, -0.1) is 0 Å². The number of benzene rings is 2. The molecular formula is C26H27ClFN5O3. The van der Waals surface area contributed by atoms with Crippen LogP contribution in [0.25, 0.3) is 0 Å². The SMILES string of the molecule is CCc1nc(C)nc(N2CCCN(C(=O)c3ccc([N+](=O)[O-])cc3Cl)CC2)c1Cc1cccc(F)c1. The summed E-state index contributed by atoms with van der Waals surface area (Å²) in [5.74, 6) is 0.935. The van der Waals surface area contributed by atoms with E-state index in [0.717, 1.165) is 29.1 Å². The number of aromatic nitrogens is 2. The fourth-order valence-electron chi connectivity index (χ4n) is 4.52. The summed E-state index contributed by atoms with van der Waals surface area (Å²) in [5.41, 5.74) is 2.82. The second-order valence-electron chi connectivity index (χ2n) is 8.73. The first kappa shape index (κ1) is 25.5. The number of non-ortho nitro benzene ring substituents is 1. The van der Waals surface area contributed by atoms with Crippen LogP contribution in [0.1, 0.15) is 46.3 Å². The molecule has 3 aromatic rings. The Labute approximate surface area is 213 Å². The Balaban J connectivity index is 1.58. The molecule has 10 heteroatoms. The molecule has 8 nitrogen and oxygen atoms in total. The van der Waals surface area contributed by atoms with Gasteiger partial charge < -0.3 is 9.80 Å². The van der Waals surface area contributed by atoms with E-state index in [2.05, 4.69) is 9.88 Å². The first-order chi connectivity index (χ1) is 17.3. The van der Waals surface area contributed by atoms with Crippen molar-refractivity contribution in [3.8, 4) is 0 Å². The van der Waals surface area contributed by atoms with E-state index in [1.54, 1.807) is 11.0 Å². The van der Waals surface area contributed by atoms with Crippen molar-refractivity contribution in [3.05, 3.63) is 91.6 Å². The Kier molecular flexibility index (Phi) is 7.79. The number of hydrogen-bond donors (Lipinski definition) is 0. The summed E-state index contributed by atoms with van der Waals surface area (Å²) < 4.78 is 13.9. The van der Waals surface area contributed by atoms with Crippen LogP contribution in [0.4, 0.5) is 15.9 Å². The van der Waals surface area contributed by atoms with Crippen molar-refractivity contribution < 1.29 is 14.1 Å². The maximum atomic E-state index is 13.9. The summed E-state index contributed by atoms with van der Waals surface area (Å²) in [5, 5.41) is 11.1. The predicted octanol–water partition coefficient (Wildman–Crippen LogP) is 4.99. The van der Waals surface area contributed by atoms with Crippen molar-refractivity contribution in [3.63, 3.8) is 0 Å². The first-order valence-electron chi connectivity index (χ1n) is 11.9. The zero-order valence-electron chi connectivity index (χ0n) is 20.2. The van der Waals surface area contributed by atoms with E-state index in [4.69, 9.17) is 16.6 Å². The van der Waals surface area contributed by atoms with E-state index >= 15 is 0 Å². The molecule has 0 bridgehead atoms. The maximum Gasteiger partial charge on any atom is 0.270 e. The zero-order valence-corrected chi connectivity index (χ0v) is 21.0. The van der Waals surface area contributed by atoms with Crippen LogP contribution < -0.4 is 4.90 Å². The van der Waals surface area contributed by atoms with Crippen LogP contribution in [0.3, 0.4) is 0 Å². The molecule has 1 fully saturated rings. The highest BCUT2D eigenvalue weighted by atomic mass is 35.5. The number of anilines is 1. The van der Waals surface area contributed by atoms with Crippen LogP contribution >= 0.6 is 11.6 Å². The van der Waals surface area contributed by atoms with Crippen LogP contribution in [0.5, 0.6) is 0 Å². The van der Waals surface area contributed by atoms with Gasteiger partial charge in [-0.25, -0.2) is 14.4 Å². The van der Waals surface area contributed by atoms with E-state index in [0.29, 0.717) is 44.8 Å². The summed E-state index contributed by atoms with van der Waals surface area (Å²) in [7, 11) is 0. The van der Waals surface area contributed by atoms with Gasteiger partial charge in [0.1, 0.15) is 17.5 Å². The van der Waals surface area contributed by atoms with Crippen molar-refractivity contribution in [1.82, 2.24) is 14.9 Å². The molecule has 0 spiro atoms. The number of halogens is 2. The van der Waals surface area contributed by atoms with E-state index in [-0.39, 0.29) is 28.0 Å². The molecule has 36 heavy (non-hydrogen) atoms. The van der Waals surface area contributed by atoms with Crippen LogP contribution in [0.15, 0.2) is 42.5 Å². The molecule has 0 saturated carbocycles. The Bertz CT molecular complexity index is 1300. The Morgan fingerprint density at radius 3 is 2.64 bits per heavy atom. The van der Waals surface area contributed by atoms with Gasteiger partial charge in [0.05, 0.1) is 15.5 Å².